The molecule has 27 heavy (non-hydrogen) atoms. The van der Waals surface area contributed by atoms with E-state index in [1.54, 1.807) is 18.2 Å². The van der Waals surface area contributed by atoms with Crippen LogP contribution in [0.3, 0.4) is 0 Å². The van der Waals surface area contributed by atoms with Crippen molar-refractivity contribution in [2.45, 2.75) is 65.6 Å². The molecule has 7 heteroatoms. The Balaban J connectivity index is 0.00000364. The number of carbonyl (C=O) groups excluding carboxylic acids is 2. The molecular weight excluding hydrogens is 366 g/mol. The van der Waals surface area contributed by atoms with Crippen LogP contribution in [0.1, 0.15) is 57.0 Å². The largest absolute Gasteiger partial charge is 0.378 e. The van der Waals surface area contributed by atoms with Crippen molar-refractivity contribution in [2.75, 3.05) is 11.9 Å². The van der Waals surface area contributed by atoms with Crippen molar-refractivity contribution in [2.24, 2.45) is 11.1 Å². The van der Waals surface area contributed by atoms with Gasteiger partial charge < -0.3 is 21.1 Å². The molecule has 152 valence electrons. The van der Waals surface area contributed by atoms with Gasteiger partial charge in [-0.25, -0.2) is 0 Å². The Morgan fingerprint density at radius 1 is 1.33 bits per heavy atom. The van der Waals surface area contributed by atoms with Gasteiger partial charge in [-0.2, -0.15) is 0 Å². The number of nitrogens with two attached hydrogens (primary N) is 1. The molecule has 0 heterocycles. The summed E-state index contributed by atoms with van der Waals surface area (Å²) < 4.78 is 5.68. The number of rotatable bonds is 6. The molecule has 0 radical (unpaired) electrons. The van der Waals surface area contributed by atoms with Crippen LogP contribution in [-0.2, 0) is 9.53 Å². The molecule has 2 unspecified atom stereocenters. The fourth-order valence-corrected chi connectivity index (χ4v) is 3.40. The fourth-order valence-electron chi connectivity index (χ4n) is 3.40. The fraction of sp³-hybridized carbons (Fsp3) is 0.600. The summed E-state index contributed by atoms with van der Waals surface area (Å²) in [6.45, 7) is 12.1. The molecule has 1 aromatic carbocycles. The van der Waals surface area contributed by atoms with E-state index in [4.69, 9.17) is 10.5 Å². The second-order valence-corrected chi connectivity index (χ2v) is 7.95. The Morgan fingerprint density at radius 3 is 2.44 bits per heavy atom. The molecule has 6 nitrogen and oxygen atoms in total. The number of anilines is 1. The van der Waals surface area contributed by atoms with Crippen LogP contribution in [0.4, 0.5) is 5.69 Å². The third kappa shape index (κ3) is 4.45. The van der Waals surface area contributed by atoms with Crippen molar-refractivity contribution in [1.82, 2.24) is 5.32 Å². The maximum absolute atomic E-state index is 12.8. The van der Waals surface area contributed by atoms with Gasteiger partial charge in [0.05, 0.1) is 6.10 Å². The van der Waals surface area contributed by atoms with Gasteiger partial charge in [0, 0.05) is 35.7 Å². The van der Waals surface area contributed by atoms with Crippen molar-refractivity contribution in [3.05, 3.63) is 29.3 Å². The molecule has 1 fully saturated rings. The number of carbonyl (C=O) groups is 2. The first-order valence-corrected chi connectivity index (χ1v) is 9.16. The quantitative estimate of drug-likeness (QED) is 0.687. The van der Waals surface area contributed by atoms with Crippen LogP contribution >= 0.6 is 12.4 Å². The van der Waals surface area contributed by atoms with Gasteiger partial charge in [-0.05, 0) is 51.5 Å². The van der Waals surface area contributed by atoms with Gasteiger partial charge in [-0.1, -0.05) is 13.8 Å². The summed E-state index contributed by atoms with van der Waals surface area (Å²) in [6.07, 6.45) is 0.472. The van der Waals surface area contributed by atoms with Gasteiger partial charge in [0.15, 0.2) is 0 Å². The van der Waals surface area contributed by atoms with Crippen molar-refractivity contribution < 1.29 is 14.3 Å². The van der Waals surface area contributed by atoms with Crippen molar-refractivity contribution in [3.63, 3.8) is 0 Å². The first kappa shape index (κ1) is 23.4. The van der Waals surface area contributed by atoms with E-state index in [1.807, 2.05) is 41.5 Å². The zero-order valence-electron chi connectivity index (χ0n) is 17.0. The van der Waals surface area contributed by atoms with Gasteiger partial charge >= 0.3 is 0 Å². The number of halogens is 1. The zero-order valence-corrected chi connectivity index (χ0v) is 17.8. The molecule has 2 atom stereocenters. The van der Waals surface area contributed by atoms with Crippen LogP contribution in [0.5, 0.6) is 0 Å². The number of aryl methyl sites for hydroxylation is 1. The summed E-state index contributed by atoms with van der Waals surface area (Å²) in [7, 11) is 0. The summed E-state index contributed by atoms with van der Waals surface area (Å²) in [6, 6.07) is 5.32. The van der Waals surface area contributed by atoms with Crippen LogP contribution in [0, 0.1) is 12.3 Å². The molecule has 0 aromatic heterocycles. The average Bonchev–Trinajstić information content (AvgIpc) is 2.53. The molecule has 1 aromatic rings. The highest BCUT2D eigenvalue weighted by Crippen LogP contribution is 2.50. The van der Waals surface area contributed by atoms with E-state index in [1.165, 1.54) is 0 Å². The zero-order chi connectivity index (χ0) is 19.7. The third-order valence-corrected chi connectivity index (χ3v) is 5.38. The maximum Gasteiger partial charge on any atom is 0.251 e. The second-order valence-electron chi connectivity index (χ2n) is 7.95. The first-order chi connectivity index (χ1) is 12.0. The predicted molar refractivity (Wildman–Crippen MR) is 110 cm³/mol. The van der Waals surface area contributed by atoms with Gasteiger partial charge in [0.1, 0.15) is 5.54 Å². The minimum Gasteiger partial charge on any atom is -0.378 e. The molecule has 0 saturated heterocycles. The van der Waals surface area contributed by atoms with E-state index in [-0.39, 0.29) is 36.4 Å². The summed E-state index contributed by atoms with van der Waals surface area (Å²) in [5.74, 6) is -0.345. The maximum atomic E-state index is 12.8. The van der Waals surface area contributed by atoms with Crippen LogP contribution in [0.2, 0.25) is 0 Å². The average molecular weight is 398 g/mol. The third-order valence-electron chi connectivity index (χ3n) is 5.38. The van der Waals surface area contributed by atoms with E-state index >= 15 is 0 Å². The molecule has 0 bridgehead atoms. The van der Waals surface area contributed by atoms with E-state index < -0.39 is 11.0 Å². The van der Waals surface area contributed by atoms with Crippen molar-refractivity contribution in [3.8, 4) is 0 Å². The van der Waals surface area contributed by atoms with Gasteiger partial charge in [-0.15, -0.1) is 12.4 Å². The molecule has 4 N–H and O–H groups in total. The van der Waals surface area contributed by atoms with E-state index in [0.29, 0.717) is 24.3 Å². The Bertz CT molecular complexity index is 706. The standard InChI is InChI=1S/C20H31N3O3.ClH/c1-7-26-16-11-20(21,19(16,5)6)18(25)23-14-8-9-15(13(4)10-14)17(24)22-12(2)3;/h8-10,12,16H,7,11,21H2,1-6H3,(H,22,24)(H,23,25);1H. The Labute approximate surface area is 168 Å². The number of nitrogens with one attached hydrogen (secondary N) is 2. The number of hydrogen-bond acceptors (Lipinski definition) is 4. The van der Waals surface area contributed by atoms with E-state index in [2.05, 4.69) is 10.6 Å². The van der Waals surface area contributed by atoms with Crippen molar-refractivity contribution >= 4 is 29.9 Å². The van der Waals surface area contributed by atoms with E-state index in [9.17, 15) is 9.59 Å². The van der Waals surface area contributed by atoms with Crippen molar-refractivity contribution in [1.29, 1.82) is 0 Å². The number of benzene rings is 1. The monoisotopic (exact) mass is 397 g/mol. The SMILES string of the molecule is CCOC1CC(N)(C(=O)Nc2ccc(C(=O)NC(C)C)c(C)c2)C1(C)C.Cl. The molecule has 1 aliphatic carbocycles. The summed E-state index contributed by atoms with van der Waals surface area (Å²) >= 11 is 0. The molecule has 0 aliphatic heterocycles. The smallest absolute Gasteiger partial charge is 0.251 e. The lowest BCUT2D eigenvalue weighted by Gasteiger charge is -2.57. The highest BCUT2D eigenvalue weighted by Gasteiger charge is 2.62. The second kappa shape index (κ2) is 8.59. The van der Waals surface area contributed by atoms with Gasteiger partial charge in [-0.3, -0.25) is 9.59 Å². The Kier molecular flexibility index (Phi) is 7.45. The minimum atomic E-state index is -0.978. The molecule has 2 amide bonds. The highest BCUT2D eigenvalue weighted by atomic mass is 35.5. The lowest BCUT2D eigenvalue weighted by atomic mass is 9.54. The summed E-state index contributed by atoms with van der Waals surface area (Å²) in [5, 5.41) is 5.77. The topological polar surface area (TPSA) is 93.4 Å². The Hall–Kier alpha value is -1.63. The summed E-state index contributed by atoms with van der Waals surface area (Å²) in [5.41, 5.74) is 7.01. The normalized spacial score (nSPS) is 23.2. The van der Waals surface area contributed by atoms with E-state index in [0.717, 1.165) is 5.56 Å². The number of hydrogen-bond donors (Lipinski definition) is 3. The summed E-state index contributed by atoms with van der Waals surface area (Å²) in [4.78, 5) is 25.0. The lowest BCUT2D eigenvalue weighted by Crippen LogP contribution is -2.74. The van der Waals surface area contributed by atoms with Crippen LogP contribution in [0.15, 0.2) is 18.2 Å². The lowest BCUT2D eigenvalue weighted by molar-refractivity contribution is -0.166. The predicted octanol–water partition coefficient (Wildman–Crippen LogP) is 3.03. The minimum absolute atomic E-state index is 0. The van der Waals surface area contributed by atoms with Gasteiger partial charge in [0.25, 0.3) is 5.91 Å². The van der Waals surface area contributed by atoms with Crippen LogP contribution in [-0.4, -0.2) is 36.1 Å². The molecule has 0 spiro atoms. The molecule has 1 aliphatic rings. The number of amides is 2. The molecule has 1 saturated carbocycles. The Morgan fingerprint density at radius 2 is 1.96 bits per heavy atom. The number of ether oxygens (including phenoxy) is 1. The van der Waals surface area contributed by atoms with Gasteiger partial charge in [0.2, 0.25) is 5.91 Å². The van der Waals surface area contributed by atoms with Crippen LogP contribution < -0.4 is 16.4 Å². The van der Waals surface area contributed by atoms with Crippen LogP contribution in [0.25, 0.3) is 0 Å². The molecular formula is C20H32ClN3O3. The first-order valence-electron chi connectivity index (χ1n) is 9.16. The highest BCUT2D eigenvalue weighted by molar-refractivity contribution is 6.01. The molecule has 2 rings (SSSR count).